The summed E-state index contributed by atoms with van der Waals surface area (Å²) in [6.45, 7) is 2.73. The summed E-state index contributed by atoms with van der Waals surface area (Å²) >= 11 is 22.2. The summed E-state index contributed by atoms with van der Waals surface area (Å²) in [5.74, 6) is -0.133. The first-order valence-corrected chi connectivity index (χ1v) is 9.06. The van der Waals surface area contributed by atoms with Crippen molar-refractivity contribution in [3.63, 3.8) is 0 Å². The molecule has 0 atom stereocenters. The minimum Gasteiger partial charge on any atom is -0.397 e. The predicted molar refractivity (Wildman–Crippen MR) is 116 cm³/mol. The zero-order valence-electron chi connectivity index (χ0n) is 13.0. The Morgan fingerprint density at radius 3 is 1.81 bits per heavy atom. The molecule has 2 aromatic rings. The van der Waals surface area contributed by atoms with Crippen molar-refractivity contribution in [2.24, 2.45) is 0 Å². The highest BCUT2D eigenvalue weighted by atomic mass is 79.9. The van der Waals surface area contributed by atoms with E-state index in [9.17, 15) is 9.59 Å². The van der Waals surface area contributed by atoms with Gasteiger partial charge in [0.15, 0.2) is 0 Å². The third kappa shape index (κ3) is 13.3. The first kappa shape index (κ1) is 27.3. The highest BCUT2D eigenvalue weighted by Crippen LogP contribution is 2.22. The molecule has 2 aromatic heterocycles. The SMILES string of the molecule is C.CC(=O)Cl.CC(=O)Nc1cnc(Cl)c(Br)c1.Nc1cnc(Cl)c(Br)c1. The van der Waals surface area contributed by atoms with Gasteiger partial charge in [-0.15, -0.1) is 0 Å². The minimum atomic E-state index is -0.361. The van der Waals surface area contributed by atoms with E-state index in [-0.39, 0.29) is 18.6 Å². The van der Waals surface area contributed by atoms with Crippen LogP contribution < -0.4 is 11.1 Å². The Morgan fingerprint density at radius 1 is 1.04 bits per heavy atom. The van der Waals surface area contributed by atoms with Gasteiger partial charge in [-0.05, 0) is 55.6 Å². The second-order valence-electron chi connectivity index (χ2n) is 4.19. The van der Waals surface area contributed by atoms with Crippen molar-refractivity contribution in [2.45, 2.75) is 21.3 Å². The topological polar surface area (TPSA) is 98.0 Å². The van der Waals surface area contributed by atoms with Crippen LogP contribution in [0.15, 0.2) is 33.5 Å². The van der Waals surface area contributed by atoms with Gasteiger partial charge in [0, 0.05) is 13.8 Å². The van der Waals surface area contributed by atoms with Gasteiger partial charge in [0.2, 0.25) is 11.1 Å². The number of anilines is 2. The van der Waals surface area contributed by atoms with Crippen molar-refractivity contribution in [3.8, 4) is 0 Å². The molecule has 3 N–H and O–H groups in total. The number of nitrogen functional groups attached to an aromatic ring is 1. The number of halogens is 5. The van der Waals surface area contributed by atoms with Gasteiger partial charge in [0.25, 0.3) is 0 Å². The maximum atomic E-state index is 10.6. The summed E-state index contributed by atoms with van der Waals surface area (Å²) in [7, 11) is 0. The van der Waals surface area contributed by atoms with Crippen molar-refractivity contribution < 1.29 is 9.59 Å². The Bertz CT molecular complexity index is 745. The van der Waals surface area contributed by atoms with E-state index >= 15 is 0 Å². The second-order valence-corrected chi connectivity index (χ2v) is 7.15. The molecular formula is C15H17Br2Cl3N4O2. The number of hydrogen-bond donors (Lipinski definition) is 2. The molecule has 2 heterocycles. The maximum Gasteiger partial charge on any atom is 0.221 e. The highest BCUT2D eigenvalue weighted by Gasteiger charge is 2.00. The average molecular weight is 551 g/mol. The van der Waals surface area contributed by atoms with Gasteiger partial charge in [-0.3, -0.25) is 9.59 Å². The molecule has 1 amide bonds. The monoisotopic (exact) mass is 548 g/mol. The van der Waals surface area contributed by atoms with E-state index in [0.717, 1.165) is 4.47 Å². The molecule has 0 aliphatic heterocycles. The van der Waals surface area contributed by atoms with Crippen LogP contribution in [0.5, 0.6) is 0 Å². The molecule has 0 saturated carbocycles. The number of rotatable bonds is 1. The number of pyridine rings is 2. The smallest absolute Gasteiger partial charge is 0.221 e. The number of nitrogens with zero attached hydrogens (tertiary/aromatic N) is 2. The Labute approximate surface area is 184 Å². The lowest BCUT2D eigenvalue weighted by Gasteiger charge is -2.01. The summed E-state index contributed by atoms with van der Waals surface area (Å²) in [5, 5.41) is 3.03. The number of carbonyl (C=O) groups excluding carboxylic acids is 2. The van der Waals surface area contributed by atoms with Crippen LogP contribution in [0.1, 0.15) is 21.3 Å². The van der Waals surface area contributed by atoms with Crippen molar-refractivity contribution in [2.75, 3.05) is 11.1 Å². The van der Waals surface area contributed by atoms with E-state index in [4.69, 9.17) is 28.9 Å². The van der Waals surface area contributed by atoms with E-state index in [1.807, 2.05) is 0 Å². The number of hydrogen-bond acceptors (Lipinski definition) is 5. The van der Waals surface area contributed by atoms with Crippen LogP contribution in [0.4, 0.5) is 11.4 Å². The summed E-state index contributed by atoms with van der Waals surface area (Å²) in [6, 6.07) is 3.39. The number of aromatic nitrogens is 2. The normalized spacial score (nSPS) is 8.73. The molecule has 0 aliphatic rings. The molecule has 6 nitrogen and oxygen atoms in total. The van der Waals surface area contributed by atoms with Gasteiger partial charge < -0.3 is 11.1 Å². The third-order valence-electron chi connectivity index (χ3n) is 1.93. The van der Waals surface area contributed by atoms with Gasteiger partial charge in [-0.25, -0.2) is 9.97 Å². The Balaban J connectivity index is 0. The molecular weight excluding hydrogens is 534 g/mol. The van der Waals surface area contributed by atoms with Crippen molar-refractivity contribution in [1.29, 1.82) is 0 Å². The number of carbonyl (C=O) groups is 2. The van der Waals surface area contributed by atoms with Gasteiger partial charge >= 0.3 is 0 Å². The predicted octanol–water partition coefficient (Wildman–Crippen LogP) is 5.94. The van der Waals surface area contributed by atoms with Gasteiger partial charge in [-0.1, -0.05) is 30.6 Å². The summed E-state index contributed by atoms with van der Waals surface area (Å²) in [6.07, 6.45) is 3.00. The van der Waals surface area contributed by atoms with E-state index in [1.54, 1.807) is 12.1 Å². The number of nitrogens with two attached hydrogens (primary N) is 1. The first-order valence-electron chi connectivity index (χ1n) is 6.34. The molecule has 26 heavy (non-hydrogen) atoms. The fourth-order valence-corrected chi connectivity index (χ4v) is 2.05. The fraction of sp³-hybridized carbons (Fsp3) is 0.200. The molecule has 2 rings (SSSR count). The van der Waals surface area contributed by atoms with E-state index in [0.29, 0.717) is 26.2 Å². The molecule has 144 valence electrons. The standard InChI is InChI=1S/C7H6BrClN2O.C5H4BrClN2.C2H3ClO.CH4/c1-4(12)11-5-2-6(8)7(9)10-3-5;6-4-1-3(8)2-9-5(4)7;1-2(3)4;/h2-3H,1H3,(H,11,12);1-2H,8H2;1H3;1H4. The van der Waals surface area contributed by atoms with Crippen LogP contribution in [-0.4, -0.2) is 21.1 Å². The summed E-state index contributed by atoms with van der Waals surface area (Å²) in [5.41, 5.74) is 6.60. The highest BCUT2D eigenvalue weighted by molar-refractivity contribution is 9.10. The van der Waals surface area contributed by atoms with Crippen LogP contribution in [0, 0.1) is 0 Å². The largest absolute Gasteiger partial charge is 0.397 e. The lowest BCUT2D eigenvalue weighted by atomic mass is 10.4. The van der Waals surface area contributed by atoms with Gasteiger partial charge in [0.1, 0.15) is 10.3 Å². The Hall–Kier alpha value is -0.930. The zero-order valence-corrected chi connectivity index (χ0v) is 18.4. The van der Waals surface area contributed by atoms with E-state index < -0.39 is 0 Å². The van der Waals surface area contributed by atoms with Crippen LogP contribution >= 0.6 is 66.7 Å². The summed E-state index contributed by atoms with van der Waals surface area (Å²) in [4.78, 5) is 27.4. The second kappa shape index (κ2) is 14.2. The Kier molecular flexibility index (Phi) is 14.9. The van der Waals surface area contributed by atoms with E-state index in [2.05, 4.69) is 58.7 Å². The quantitative estimate of drug-likeness (QED) is 0.338. The maximum absolute atomic E-state index is 10.6. The zero-order chi connectivity index (χ0) is 19.6. The molecule has 0 aliphatic carbocycles. The number of amides is 1. The molecule has 0 spiro atoms. The molecule has 0 saturated heterocycles. The van der Waals surface area contributed by atoms with Crippen molar-refractivity contribution >= 4 is 89.2 Å². The molecule has 0 aromatic carbocycles. The molecule has 0 bridgehead atoms. The summed E-state index contributed by atoms with van der Waals surface area (Å²) < 4.78 is 1.39. The lowest BCUT2D eigenvalue weighted by molar-refractivity contribution is -0.114. The third-order valence-corrected chi connectivity index (χ3v) is 4.20. The molecule has 0 radical (unpaired) electrons. The van der Waals surface area contributed by atoms with Crippen LogP contribution in [-0.2, 0) is 9.59 Å². The lowest BCUT2D eigenvalue weighted by Crippen LogP contribution is -2.05. The van der Waals surface area contributed by atoms with Gasteiger partial charge in [-0.2, -0.15) is 0 Å². The van der Waals surface area contributed by atoms with Crippen LogP contribution in [0.2, 0.25) is 10.3 Å². The van der Waals surface area contributed by atoms with E-state index in [1.165, 1.54) is 26.2 Å². The minimum absolute atomic E-state index is 0. The van der Waals surface area contributed by atoms with Crippen LogP contribution in [0.3, 0.4) is 0 Å². The van der Waals surface area contributed by atoms with Crippen LogP contribution in [0.25, 0.3) is 0 Å². The first-order chi connectivity index (χ1) is 11.5. The Morgan fingerprint density at radius 2 is 1.46 bits per heavy atom. The molecule has 0 fully saturated rings. The molecule has 0 unspecified atom stereocenters. The fourth-order valence-electron chi connectivity index (χ4n) is 1.13. The van der Waals surface area contributed by atoms with Crippen molar-refractivity contribution in [3.05, 3.63) is 43.8 Å². The van der Waals surface area contributed by atoms with Crippen molar-refractivity contribution in [1.82, 2.24) is 9.97 Å². The average Bonchev–Trinajstić information content (AvgIpc) is 2.47. The molecule has 11 heteroatoms. The number of nitrogens with one attached hydrogen (secondary N) is 1. The van der Waals surface area contributed by atoms with Gasteiger partial charge in [0.05, 0.1) is 32.7 Å².